The summed E-state index contributed by atoms with van der Waals surface area (Å²) in [5, 5.41) is 13.6. The van der Waals surface area contributed by atoms with Gasteiger partial charge in [0.2, 0.25) is 0 Å². The minimum absolute atomic E-state index is 0.508. The maximum Gasteiger partial charge on any atom is 0.0909 e. The van der Waals surface area contributed by atoms with E-state index in [0.717, 1.165) is 45.6 Å². The van der Waals surface area contributed by atoms with Gasteiger partial charge in [0.1, 0.15) is 0 Å². The fourth-order valence-electron chi connectivity index (χ4n) is 2.97. The molecule has 3 nitrogen and oxygen atoms in total. The van der Waals surface area contributed by atoms with Crippen LogP contribution >= 0.6 is 0 Å². The lowest BCUT2D eigenvalue weighted by atomic mass is 9.97. The van der Waals surface area contributed by atoms with E-state index in [2.05, 4.69) is 34.5 Å². The average Bonchev–Trinajstić information content (AvgIpc) is 2.76. The first kappa shape index (κ1) is 11.2. The van der Waals surface area contributed by atoms with E-state index in [4.69, 9.17) is 0 Å². The molecule has 0 spiro atoms. The highest BCUT2D eigenvalue weighted by Gasteiger charge is 2.33. The predicted molar refractivity (Wildman–Crippen MR) is 67.9 cm³/mol. The number of rotatable bonds is 2. The third-order valence-corrected chi connectivity index (χ3v) is 3.95. The van der Waals surface area contributed by atoms with Crippen LogP contribution < -0.4 is 5.32 Å². The highest BCUT2D eigenvalue weighted by Crippen LogP contribution is 2.22. The van der Waals surface area contributed by atoms with Gasteiger partial charge in [0.15, 0.2) is 0 Å². The summed E-state index contributed by atoms with van der Waals surface area (Å²) in [6.45, 7) is 4.54. The van der Waals surface area contributed by atoms with Crippen molar-refractivity contribution in [2.45, 2.75) is 25.0 Å². The zero-order valence-electron chi connectivity index (χ0n) is 10.2. The van der Waals surface area contributed by atoms with Gasteiger partial charge in [0.25, 0.3) is 0 Å². The molecule has 2 N–H and O–H groups in total. The zero-order chi connectivity index (χ0) is 11.7. The third kappa shape index (κ3) is 2.37. The highest BCUT2D eigenvalue weighted by atomic mass is 16.3. The van der Waals surface area contributed by atoms with E-state index in [-0.39, 0.29) is 0 Å². The second-order valence-corrected chi connectivity index (χ2v) is 5.38. The van der Waals surface area contributed by atoms with Crippen molar-refractivity contribution in [1.29, 1.82) is 0 Å². The Morgan fingerprint density at radius 2 is 2.12 bits per heavy atom. The van der Waals surface area contributed by atoms with Crippen molar-refractivity contribution in [3.8, 4) is 0 Å². The van der Waals surface area contributed by atoms with Crippen LogP contribution in [0.5, 0.6) is 0 Å². The van der Waals surface area contributed by atoms with Crippen molar-refractivity contribution in [2.24, 2.45) is 0 Å². The fraction of sp³-hybridized carbons (Fsp3) is 0.571. The van der Waals surface area contributed by atoms with Gasteiger partial charge in [0, 0.05) is 26.2 Å². The molecule has 0 unspecified atom stereocenters. The minimum atomic E-state index is -0.508. The lowest BCUT2D eigenvalue weighted by molar-refractivity contribution is 0.0168. The molecule has 1 aromatic rings. The number of nitrogens with zero attached hydrogens (tertiary/aromatic N) is 1. The molecule has 3 rings (SSSR count). The molecule has 0 amide bonds. The number of fused-ring (bicyclic) bond motifs is 1. The van der Waals surface area contributed by atoms with Crippen LogP contribution in [-0.4, -0.2) is 41.8 Å². The topological polar surface area (TPSA) is 35.5 Å². The number of aliphatic hydroxyl groups is 1. The Hall–Kier alpha value is -0.900. The molecule has 92 valence electrons. The largest absolute Gasteiger partial charge is 0.387 e. The Labute approximate surface area is 102 Å². The summed E-state index contributed by atoms with van der Waals surface area (Å²) >= 11 is 0. The van der Waals surface area contributed by atoms with Crippen molar-refractivity contribution in [1.82, 2.24) is 10.2 Å². The lowest BCUT2D eigenvalue weighted by Crippen LogP contribution is -2.46. The molecule has 0 radical (unpaired) electrons. The highest BCUT2D eigenvalue weighted by molar-refractivity contribution is 5.29. The monoisotopic (exact) mass is 232 g/mol. The SMILES string of the molecule is O[C@]1(CN2CCc3ccccc3C2)CCNC1. The Bertz CT molecular complexity index is 399. The van der Waals surface area contributed by atoms with Gasteiger partial charge in [0.05, 0.1) is 5.60 Å². The molecule has 2 aliphatic heterocycles. The second kappa shape index (κ2) is 4.41. The van der Waals surface area contributed by atoms with Crippen molar-refractivity contribution in [2.75, 3.05) is 26.2 Å². The Morgan fingerprint density at radius 1 is 1.29 bits per heavy atom. The van der Waals surface area contributed by atoms with Crippen LogP contribution in [0.15, 0.2) is 24.3 Å². The molecule has 2 aliphatic rings. The maximum absolute atomic E-state index is 10.4. The van der Waals surface area contributed by atoms with Gasteiger partial charge in [-0.05, 0) is 30.5 Å². The predicted octanol–water partition coefficient (Wildman–Crippen LogP) is 0.769. The molecular weight excluding hydrogens is 212 g/mol. The number of benzene rings is 1. The van der Waals surface area contributed by atoms with Gasteiger partial charge in [-0.1, -0.05) is 24.3 Å². The number of nitrogens with one attached hydrogen (secondary N) is 1. The van der Waals surface area contributed by atoms with Crippen LogP contribution in [0.3, 0.4) is 0 Å². The quantitative estimate of drug-likeness (QED) is 0.790. The van der Waals surface area contributed by atoms with Gasteiger partial charge in [-0.3, -0.25) is 4.90 Å². The molecule has 1 atom stereocenters. The molecule has 1 fully saturated rings. The summed E-state index contributed by atoms with van der Waals surface area (Å²) in [5.41, 5.74) is 2.39. The van der Waals surface area contributed by atoms with Gasteiger partial charge < -0.3 is 10.4 Å². The maximum atomic E-state index is 10.4. The zero-order valence-corrected chi connectivity index (χ0v) is 10.2. The van der Waals surface area contributed by atoms with E-state index in [1.165, 1.54) is 11.1 Å². The summed E-state index contributed by atoms with van der Waals surface area (Å²) in [5.74, 6) is 0. The average molecular weight is 232 g/mol. The number of hydrogen-bond acceptors (Lipinski definition) is 3. The van der Waals surface area contributed by atoms with E-state index >= 15 is 0 Å². The summed E-state index contributed by atoms with van der Waals surface area (Å²) in [6, 6.07) is 8.65. The van der Waals surface area contributed by atoms with Crippen LogP contribution in [0, 0.1) is 0 Å². The molecule has 0 saturated carbocycles. The van der Waals surface area contributed by atoms with E-state index in [9.17, 15) is 5.11 Å². The molecule has 3 heteroatoms. The van der Waals surface area contributed by atoms with Gasteiger partial charge in [-0.15, -0.1) is 0 Å². The summed E-state index contributed by atoms with van der Waals surface area (Å²) < 4.78 is 0. The first-order valence-electron chi connectivity index (χ1n) is 6.47. The van der Waals surface area contributed by atoms with Gasteiger partial charge in [-0.2, -0.15) is 0 Å². The summed E-state index contributed by atoms with van der Waals surface area (Å²) in [6.07, 6.45) is 1.99. The van der Waals surface area contributed by atoms with Crippen molar-refractivity contribution < 1.29 is 5.11 Å². The van der Waals surface area contributed by atoms with E-state index in [1.54, 1.807) is 0 Å². The van der Waals surface area contributed by atoms with Gasteiger partial charge in [-0.25, -0.2) is 0 Å². The van der Waals surface area contributed by atoms with E-state index in [0.29, 0.717) is 0 Å². The van der Waals surface area contributed by atoms with E-state index in [1.807, 2.05) is 0 Å². The van der Waals surface area contributed by atoms with E-state index < -0.39 is 5.60 Å². The lowest BCUT2D eigenvalue weighted by Gasteiger charge is -2.34. The van der Waals surface area contributed by atoms with Crippen molar-refractivity contribution in [3.05, 3.63) is 35.4 Å². The number of hydrogen-bond donors (Lipinski definition) is 2. The first-order chi connectivity index (χ1) is 8.25. The Morgan fingerprint density at radius 3 is 2.88 bits per heavy atom. The number of β-amino-alcohol motifs (C(OH)–C–C–N with tert-alkyl or cyclic N) is 1. The van der Waals surface area contributed by atoms with Crippen molar-refractivity contribution in [3.63, 3.8) is 0 Å². The molecular formula is C14H20N2O. The van der Waals surface area contributed by atoms with Crippen LogP contribution in [0.4, 0.5) is 0 Å². The Kier molecular flexibility index (Phi) is 2.90. The van der Waals surface area contributed by atoms with Crippen LogP contribution in [0.1, 0.15) is 17.5 Å². The van der Waals surface area contributed by atoms with Crippen LogP contribution in [0.25, 0.3) is 0 Å². The smallest absolute Gasteiger partial charge is 0.0909 e. The van der Waals surface area contributed by atoms with Crippen molar-refractivity contribution >= 4 is 0 Å². The fourth-order valence-corrected chi connectivity index (χ4v) is 2.97. The second-order valence-electron chi connectivity index (χ2n) is 5.38. The normalized spacial score (nSPS) is 29.2. The molecule has 0 aliphatic carbocycles. The third-order valence-electron chi connectivity index (χ3n) is 3.95. The summed E-state index contributed by atoms with van der Waals surface area (Å²) in [7, 11) is 0. The molecule has 1 saturated heterocycles. The Balaban J connectivity index is 1.68. The van der Waals surface area contributed by atoms with Crippen LogP contribution in [-0.2, 0) is 13.0 Å². The molecule has 2 heterocycles. The molecule has 1 aromatic carbocycles. The molecule has 0 aromatic heterocycles. The van der Waals surface area contributed by atoms with Gasteiger partial charge >= 0.3 is 0 Å². The first-order valence-corrected chi connectivity index (χ1v) is 6.47. The summed E-state index contributed by atoms with van der Waals surface area (Å²) in [4.78, 5) is 2.38. The standard InChI is InChI=1S/C14H20N2O/c17-14(6-7-15-10-14)11-16-8-5-12-3-1-2-4-13(12)9-16/h1-4,15,17H,5-11H2/t14-/m1/s1. The minimum Gasteiger partial charge on any atom is -0.387 e. The molecule has 0 bridgehead atoms. The molecule has 17 heavy (non-hydrogen) atoms. The van der Waals surface area contributed by atoms with Crippen LogP contribution in [0.2, 0.25) is 0 Å².